The van der Waals surface area contributed by atoms with Crippen molar-refractivity contribution in [3.8, 4) is 5.75 Å². The zero-order valence-corrected chi connectivity index (χ0v) is 12.5. The smallest absolute Gasteiger partial charge is 0.123 e. The molecule has 0 aliphatic heterocycles. The van der Waals surface area contributed by atoms with Crippen molar-refractivity contribution in [3.05, 3.63) is 29.3 Å². The van der Waals surface area contributed by atoms with Crippen molar-refractivity contribution < 1.29 is 4.74 Å². The summed E-state index contributed by atoms with van der Waals surface area (Å²) in [5.74, 6) is 1.79. The van der Waals surface area contributed by atoms with Crippen molar-refractivity contribution in [2.24, 2.45) is 5.92 Å². The molecule has 0 amide bonds. The molecule has 1 aliphatic rings. The fraction of sp³-hybridized carbons (Fsp3) is 0.647. The van der Waals surface area contributed by atoms with Crippen LogP contribution < -0.4 is 10.1 Å². The number of hydrogen-bond acceptors (Lipinski definition) is 2. The van der Waals surface area contributed by atoms with Crippen LogP contribution in [0.5, 0.6) is 5.75 Å². The van der Waals surface area contributed by atoms with E-state index in [0.29, 0.717) is 6.04 Å². The second kappa shape index (κ2) is 6.95. The van der Waals surface area contributed by atoms with E-state index in [1.165, 1.54) is 43.2 Å². The summed E-state index contributed by atoms with van der Waals surface area (Å²) in [5.41, 5.74) is 2.57. The van der Waals surface area contributed by atoms with Gasteiger partial charge < -0.3 is 10.1 Å². The number of rotatable bonds is 4. The molecule has 0 saturated heterocycles. The molecule has 1 aliphatic carbocycles. The third kappa shape index (κ3) is 3.97. The molecule has 2 rings (SSSR count). The summed E-state index contributed by atoms with van der Waals surface area (Å²) in [5, 5.41) is 3.75. The van der Waals surface area contributed by atoms with E-state index in [1.54, 1.807) is 7.11 Å². The standard InChI is InChI=1S/C17H27NO/c1-13-9-10-17(19-3)15(11-13)12-18-16-8-6-4-5-7-14(16)2/h9-11,14,16,18H,4-8,12H2,1-3H3. The molecule has 2 atom stereocenters. The molecular weight excluding hydrogens is 234 g/mol. The van der Waals surface area contributed by atoms with Crippen molar-refractivity contribution in [3.63, 3.8) is 0 Å². The Kier molecular flexibility index (Phi) is 5.26. The maximum atomic E-state index is 5.45. The van der Waals surface area contributed by atoms with Crippen molar-refractivity contribution in [1.29, 1.82) is 0 Å². The molecule has 2 heteroatoms. The van der Waals surface area contributed by atoms with Gasteiger partial charge in [0.1, 0.15) is 5.75 Å². The highest BCUT2D eigenvalue weighted by Gasteiger charge is 2.19. The Labute approximate surface area is 117 Å². The molecule has 1 fully saturated rings. The summed E-state index contributed by atoms with van der Waals surface area (Å²) >= 11 is 0. The Morgan fingerprint density at radius 3 is 2.79 bits per heavy atom. The van der Waals surface area contributed by atoms with Crippen LogP contribution in [0, 0.1) is 12.8 Å². The topological polar surface area (TPSA) is 21.3 Å². The Hall–Kier alpha value is -1.02. The van der Waals surface area contributed by atoms with E-state index in [1.807, 2.05) is 0 Å². The first kappa shape index (κ1) is 14.4. The molecule has 1 aromatic rings. The minimum atomic E-state index is 0.660. The lowest BCUT2D eigenvalue weighted by Crippen LogP contribution is -2.33. The van der Waals surface area contributed by atoms with Gasteiger partial charge in [-0.2, -0.15) is 0 Å². The molecule has 1 saturated carbocycles. The first-order valence-corrected chi connectivity index (χ1v) is 7.57. The lowest BCUT2D eigenvalue weighted by atomic mass is 9.96. The molecule has 0 bridgehead atoms. The van der Waals surface area contributed by atoms with Crippen LogP contribution in [-0.4, -0.2) is 13.2 Å². The molecule has 2 unspecified atom stereocenters. The van der Waals surface area contributed by atoms with Crippen molar-refractivity contribution in [2.45, 2.75) is 58.5 Å². The van der Waals surface area contributed by atoms with Crippen molar-refractivity contribution in [1.82, 2.24) is 5.32 Å². The van der Waals surface area contributed by atoms with Gasteiger partial charge in [0.25, 0.3) is 0 Å². The molecule has 0 aromatic heterocycles. The first-order valence-electron chi connectivity index (χ1n) is 7.57. The molecule has 0 heterocycles. The Bertz CT molecular complexity index is 402. The number of aryl methyl sites for hydroxylation is 1. The SMILES string of the molecule is COc1ccc(C)cc1CNC1CCCCCC1C. The summed E-state index contributed by atoms with van der Waals surface area (Å²) < 4.78 is 5.45. The number of benzene rings is 1. The van der Waals surface area contributed by atoms with E-state index in [9.17, 15) is 0 Å². The predicted octanol–water partition coefficient (Wildman–Crippen LogP) is 4.06. The molecule has 0 spiro atoms. The number of methoxy groups -OCH3 is 1. The van der Waals surface area contributed by atoms with E-state index in [2.05, 4.69) is 37.4 Å². The third-order valence-corrected chi connectivity index (χ3v) is 4.35. The van der Waals surface area contributed by atoms with Crippen molar-refractivity contribution in [2.75, 3.05) is 7.11 Å². The minimum absolute atomic E-state index is 0.660. The second-order valence-corrected chi connectivity index (χ2v) is 5.92. The summed E-state index contributed by atoms with van der Waals surface area (Å²) in [6.07, 6.45) is 6.84. The quantitative estimate of drug-likeness (QED) is 0.825. The Morgan fingerprint density at radius 2 is 2.00 bits per heavy atom. The molecule has 2 nitrogen and oxygen atoms in total. The van der Waals surface area contributed by atoms with Crippen LogP contribution in [0.2, 0.25) is 0 Å². The van der Waals surface area contributed by atoms with E-state index in [0.717, 1.165) is 18.2 Å². The number of ether oxygens (including phenoxy) is 1. The van der Waals surface area contributed by atoms with Gasteiger partial charge in [-0.05, 0) is 31.7 Å². The van der Waals surface area contributed by atoms with Gasteiger partial charge in [-0.25, -0.2) is 0 Å². The zero-order valence-electron chi connectivity index (χ0n) is 12.5. The highest BCUT2D eigenvalue weighted by atomic mass is 16.5. The van der Waals surface area contributed by atoms with E-state index >= 15 is 0 Å². The molecule has 0 radical (unpaired) electrons. The normalized spacial score (nSPS) is 23.9. The Morgan fingerprint density at radius 1 is 1.21 bits per heavy atom. The highest BCUT2D eigenvalue weighted by molar-refractivity contribution is 5.36. The minimum Gasteiger partial charge on any atom is -0.496 e. The van der Waals surface area contributed by atoms with Crippen LogP contribution in [0.3, 0.4) is 0 Å². The fourth-order valence-electron chi connectivity index (χ4n) is 3.08. The van der Waals surface area contributed by atoms with Gasteiger partial charge in [-0.1, -0.05) is 43.9 Å². The van der Waals surface area contributed by atoms with E-state index in [4.69, 9.17) is 4.74 Å². The maximum Gasteiger partial charge on any atom is 0.123 e. The van der Waals surface area contributed by atoms with Gasteiger partial charge in [-0.15, -0.1) is 0 Å². The van der Waals surface area contributed by atoms with Crippen LogP contribution in [0.1, 0.15) is 50.2 Å². The molecule has 1 N–H and O–H groups in total. The third-order valence-electron chi connectivity index (χ3n) is 4.35. The Balaban J connectivity index is 1.99. The average Bonchev–Trinajstić information content (AvgIpc) is 2.61. The average molecular weight is 261 g/mol. The van der Waals surface area contributed by atoms with Crippen LogP contribution in [0.15, 0.2) is 18.2 Å². The van der Waals surface area contributed by atoms with Gasteiger partial charge in [0.15, 0.2) is 0 Å². The van der Waals surface area contributed by atoms with Gasteiger partial charge in [-0.3, -0.25) is 0 Å². The lowest BCUT2D eigenvalue weighted by molar-refractivity contribution is 0.350. The fourth-order valence-corrected chi connectivity index (χ4v) is 3.08. The lowest BCUT2D eigenvalue weighted by Gasteiger charge is -2.23. The highest BCUT2D eigenvalue weighted by Crippen LogP contribution is 2.24. The first-order chi connectivity index (χ1) is 9.20. The van der Waals surface area contributed by atoms with Gasteiger partial charge >= 0.3 is 0 Å². The van der Waals surface area contributed by atoms with Gasteiger partial charge in [0.05, 0.1) is 7.11 Å². The van der Waals surface area contributed by atoms with E-state index < -0.39 is 0 Å². The largest absolute Gasteiger partial charge is 0.496 e. The van der Waals surface area contributed by atoms with E-state index in [-0.39, 0.29) is 0 Å². The molecular formula is C17H27NO. The van der Waals surface area contributed by atoms with Gasteiger partial charge in [0.2, 0.25) is 0 Å². The number of nitrogens with one attached hydrogen (secondary N) is 1. The van der Waals surface area contributed by atoms with Crippen LogP contribution in [0.25, 0.3) is 0 Å². The second-order valence-electron chi connectivity index (χ2n) is 5.92. The van der Waals surface area contributed by atoms with Crippen molar-refractivity contribution >= 4 is 0 Å². The summed E-state index contributed by atoms with van der Waals surface area (Å²) in [6, 6.07) is 7.07. The summed E-state index contributed by atoms with van der Waals surface area (Å²) in [4.78, 5) is 0. The number of hydrogen-bond donors (Lipinski definition) is 1. The maximum absolute atomic E-state index is 5.45. The monoisotopic (exact) mass is 261 g/mol. The molecule has 19 heavy (non-hydrogen) atoms. The molecule has 1 aromatic carbocycles. The van der Waals surface area contributed by atoms with Crippen LogP contribution >= 0.6 is 0 Å². The summed E-state index contributed by atoms with van der Waals surface area (Å²) in [7, 11) is 1.75. The van der Waals surface area contributed by atoms with Crippen LogP contribution in [-0.2, 0) is 6.54 Å². The molecule has 106 valence electrons. The van der Waals surface area contributed by atoms with Gasteiger partial charge in [0, 0.05) is 18.2 Å². The summed E-state index contributed by atoms with van der Waals surface area (Å²) in [6.45, 7) is 5.44. The predicted molar refractivity (Wildman–Crippen MR) is 80.6 cm³/mol. The zero-order chi connectivity index (χ0) is 13.7. The van der Waals surface area contributed by atoms with Crippen LogP contribution in [0.4, 0.5) is 0 Å².